The van der Waals surface area contributed by atoms with Gasteiger partial charge in [0.15, 0.2) is 0 Å². The van der Waals surface area contributed by atoms with Crippen LogP contribution in [0, 0.1) is 15.9 Å². The molecule has 2 aromatic carbocycles. The summed E-state index contributed by atoms with van der Waals surface area (Å²) >= 11 is 1.07. The van der Waals surface area contributed by atoms with Crippen molar-refractivity contribution in [2.24, 2.45) is 0 Å². The van der Waals surface area contributed by atoms with Gasteiger partial charge in [-0.25, -0.2) is 17.8 Å². The number of sulfonamides is 1. The first-order valence-corrected chi connectivity index (χ1v) is 11.8. The smallest absolute Gasteiger partial charge is 0.270 e. The number of nitrogens with zero attached hydrogens (tertiary/aromatic N) is 4. The molecule has 0 spiro atoms. The summed E-state index contributed by atoms with van der Waals surface area (Å²) in [6, 6.07) is 11.0. The second-order valence-corrected chi connectivity index (χ2v) is 9.93. The van der Waals surface area contributed by atoms with Gasteiger partial charge in [-0.3, -0.25) is 14.9 Å². The molecule has 2 heterocycles. The van der Waals surface area contributed by atoms with Gasteiger partial charge in [0.05, 0.1) is 16.0 Å². The Morgan fingerprint density at radius 1 is 1.09 bits per heavy atom. The topological polar surface area (TPSA) is 114 Å². The largest absolute Gasteiger partial charge is 0.335 e. The minimum atomic E-state index is -3.93. The van der Waals surface area contributed by atoms with Crippen molar-refractivity contribution in [1.29, 1.82) is 0 Å². The molecule has 4 rings (SSSR count). The second kappa shape index (κ2) is 8.73. The standard InChI is InChI=1S/C20H17FN4O5S2/c21-17-7-2-1-6-16(17)19-22-13-18(31-19)20(26)23-8-10-24(11-9-23)32(29,30)15-5-3-4-14(12-15)25(27)28/h1-7,12-13H,8-11H2. The maximum atomic E-state index is 14.0. The van der Waals surface area contributed by atoms with Crippen LogP contribution in [0.25, 0.3) is 10.6 Å². The summed E-state index contributed by atoms with van der Waals surface area (Å²) in [4.78, 5) is 29.0. The molecule has 1 aliphatic rings. The van der Waals surface area contributed by atoms with Crippen LogP contribution in [-0.2, 0) is 10.0 Å². The van der Waals surface area contributed by atoms with E-state index in [2.05, 4.69) is 4.98 Å². The Kier molecular flexibility index (Phi) is 6.00. The summed E-state index contributed by atoms with van der Waals surface area (Å²) < 4.78 is 40.9. The number of non-ortho nitro benzene ring substituents is 1. The Morgan fingerprint density at radius 2 is 1.81 bits per heavy atom. The fourth-order valence-corrected chi connectivity index (χ4v) is 5.70. The van der Waals surface area contributed by atoms with Crippen LogP contribution >= 0.6 is 11.3 Å². The SMILES string of the molecule is O=C(c1cnc(-c2ccccc2F)s1)N1CCN(S(=O)(=O)c2cccc([N+](=O)[O-])c2)CC1. The number of hydrogen-bond donors (Lipinski definition) is 0. The molecule has 0 saturated carbocycles. The van der Waals surface area contributed by atoms with E-state index in [9.17, 15) is 27.7 Å². The number of piperazine rings is 1. The maximum absolute atomic E-state index is 14.0. The first kappa shape index (κ1) is 22.0. The highest BCUT2D eigenvalue weighted by atomic mass is 32.2. The normalized spacial score (nSPS) is 15.0. The number of benzene rings is 2. The lowest BCUT2D eigenvalue weighted by Gasteiger charge is -2.33. The number of aromatic nitrogens is 1. The van der Waals surface area contributed by atoms with E-state index in [1.165, 1.54) is 39.7 Å². The summed E-state index contributed by atoms with van der Waals surface area (Å²) in [5, 5.41) is 11.3. The summed E-state index contributed by atoms with van der Waals surface area (Å²) in [6.07, 6.45) is 1.39. The molecule has 0 atom stereocenters. The molecule has 0 N–H and O–H groups in total. The zero-order chi connectivity index (χ0) is 22.9. The van der Waals surface area contributed by atoms with Crippen LogP contribution in [0.5, 0.6) is 0 Å². The number of halogens is 1. The molecule has 166 valence electrons. The third-order valence-corrected chi connectivity index (χ3v) is 7.93. The summed E-state index contributed by atoms with van der Waals surface area (Å²) in [5.74, 6) is -0.738. The molecule has 0 bridgehead atoms. The van der Waals surface area contributed by atoms with Gasteiger partial charge in [0.2, 0.25) is 10.0 Å². The first-order chi connectivity index (χ1) is 15.3. The summed E-state index contributed by atoms with van der Waals surface area (Å²) in [7, 11) is -3.93. The van der Waals surface area contributed by atoms with Gasteiger partial charge in [-0.05, 0) is 18.2 Å². The number of carbonyl (C=O) groups is 1. The van der Waals surface area contributed by atoms with E-state index in [1.54, 1.807) is 18.2 Å². The summed E-state index contributed by atoms with van der Waals surface area (Å²) in [6.45, 7) is 0.408. The minimum Gasteiger partial charge on any atom is -0.335 e. The first-order valence-electron chi connectivity index (χ1n) is 9.52. The van der Waals surface area contributed by atoms with Crippen LogP contribution in [0.15, 0.2) is 59.6 Å². The summed E-state index contributed by atoms with van der Waals surface area (Å²) in [5.41, 5.74) is 0.000147. The maximum Gasteiger partial charge on any atom is 0.270 e. The molecular weight excluding hydrogens is 459 g/mol. The van der Waals surface area contributed by atoms with Gasteiger partial charge in [-0.1, -0.05) is 18.2 Å². The molecule has 12 heteroatoms. The fraction of sp³-hybridized carbons (Fsp3) is 0.200. The molecule has 0 radical (unpaired) electrons. The van der Waals surface area contributed by atoms with Crippen molar-refractivity contribution in [2.45, 2.75) is 4.90 Å². The quantitative estimate of drug-likeness (QED) is 0.413. The Hall–Kier alpha value is -3.22. The molecule has 1 aromatic heterocycles. The van der Waals surface area contributed by atoms with Gasteiger partial charge in [0.1, 0.15) is 15.7 Å². The highest BCUT2D eigenvalue weighted by Crippen LogP contribution is 2.28. The lowest BCUT2D eigenvalue weighted by Crippen LogP contribution is -2.50. The van der Waals surface area contributed by atoms with Gasteiger partial charge >= 0.3 is 0 Å². The number of carbonyl (C=O) groups excluding carboxylic acids is 1. The lowest BCUT2D eigenvalue weighted by molar-refractivity contribution is -0.385. The number of nitro groups is 1. The third kappa shape index (κ3) is 4.24. The molecule has 32 heavy (non-hydrogen) atoms. The molecular formula is C20H17FN4O5S2. The molecule has 1 fully saturated rings. The predicted octanol–water partition coefficient (Wildman–Crippen LogP) is 3.00. The van der Waals surface area contributed by atoms with Crippen LogP contribution in [0.3, 0.4) is 0 Å². The molecule has 9 nitrogen and oxygen atoms in total. The van der Waals surface area contributed by atoms with Crippen LogP contribution in [0.4, 0.5) is 10.1 Å². The third-order valence-electron chi connectivity index (χ3n) is 5.01. The zero-order valence-corrected chi connectivity index (χ0v) is 18.2. The van der Waals surface area contributed by atoms with E-state index < -0.39 is 20.8 Å². The Bertz CT molecular complexity index is 1290. The van der Waals surface area contributed by atoms with Crippen LogP contribution in [0.1, 0.15) is 9.67 Å². The van der Waals surface area contributed by atoms with Crippen molar-refractivity contribution in [3.63, 3.8) is 0 Å². The number of thiazole rings is 1. The van der Waals surface area contributed by atoms with Gasteiger partial charge in [0, 0.05) is 43.9 Å². The van der Waals surface area contributed by atoms with Crippen molar-refractivity contribution < 1.29 is 22.5 Å². The minimum absolute atomic E-state index is 0.0513. The number of amides is 1. The highest BCUT2D eigenvalue weighted by Gasteiger charge is 2.31. The van der Waals surface area contributed by atoms with E-state index in [1.807, 2.05) is 0 Å². The Balaban J connectivity index is 1.45. The average molecular weight is 477 g/mol. The molecule has 1 amide bonds. The van der Waals surface area contributed by atoms with Gasteiger partial charge < -0.3 is 4.90 Å². The Morgan fingerprint density at radius 3 is 2.50 bits per heavy atom. The van der Waals surface area contributed by atoms with Crippen molar-refractivity contribution in [1.82, 2.24) is 14.2 Å². The molecule has 3 aromatic rings. The molecule has 1 aliphatic heterocycles. The van der Waals surface area contributed by atoms with Gasteiger partial charge in [-0.2, -0.15) is 4.31 Å². The number of rotatable bonds is 5. The molecule has 0 aliphatic carbocycles. The zero-order valence-electron chi connectivity index (χ0n) is 16.5. The van der Waals surface area contributed by atoms with E-state index in [-0.39, 0.29) is 42.7 Å². The van der Waals surface area contributed by atoms with E-state index in [4.69, 9.17) is 0 Å². The van der Waals surface area contributed by atoms with E-state index in [0.29, 0.717) is 15.4 Å². The predicted molar refractivity (Wildman–Crippen MR) is 115 cm³/mol. The van der Waals surface area contributed by atoms with E-state index in [0.717, 1.165) is 17.4 Å². The van der Waals surface area contributed by atoms with Crippen molar-refractivity contribution in [3.05, 3.63) is 75.5 Å². The molecule has 1 saturated heterocycles. The monoisotopic (exact) mass is 476 g/mol. The highest BCUT2D eigenvalue weighted by molar-refractivity contribution is 7.89. The van der Waals surface area contributed by atoms with Gasteiger partial charge in [0.25, 0.3) is 11.6 Å². The number of nitro benzene ring substituents is 1. The van der Waals surface area contributed by atoms with Crippen molar-refractivity contribution in [3.8, 4) is 10.6 Å². The van der Waals surface area contributed by atoms with Crippen LogP contribution in [0.2, 0.25) is 0 Å². The van der Waals surface area contributed by atoms with E-state index >= 15 is 0 Å². The number of hydrogen-bond acceptors (Lipinski definition) is 7. The lowest BCUT2D eigenvalue weighted by atomic mass is 10.2. The van der Waals surface area contributed by atoms with Crippen LogP contribution < -0.4 is 0 Å². The Labute approximate surface area is 186 Å². The fourth-order valence-electron chi connectivity index (χ4n) is 3.33. The van der Waals surface area contributed by atoms with Crippen molar-refractivity contribution in [2.75, 3.05) is 26.2 Å². The van der Waals surface area contributed by atoms with Crippen LogP contribution in [-0.4, -0.2) is 59.6 Å². The second-order valence-electron chi connectivity index (χ2n) is 6.96. The average Bonchev–Trinajstić information content (AvgIpc) is 3.29. The molecule has 0 unspecified atom stereocenters. The van der Waals surface area contributed by atoms with Gasteiger partial charge in [-0.15, -0.1) is 11.3 Å². The van der Waals surface area contributed by atoms with Crippen molar-refractivity contribution >= 4 is 33.0 Å².